The molecule has 0 saturated carbocycles. The minimum Gasteiger partial charge on any atom is -1.00 e. The van der Waals surface area contributed by atoms with Gasteiger partial charge in [0, 0.05) is 29.7 Å². The molecule has 2 bridgehead atoms. The van der Waals surface area contributed by atoms with Crippen LogP contribution in [0.15, 0.2) is 89.4 Å². The van der Waals surface area contributed by atoms with Gasteiger partial charge in [-0.3, -0.25) is 0 Å². The van der Waals surface area contributed by atoms with Crippen molar-refractivity contribution in [3.8, 4) is 5.75 Å². The third kappa shape index (κ3) is 6.11. The minimum absolute atomic E-state index is 0. The summed E-state index contributed by atoms with van der Waals surface area (Å²) in [6.07, 6.45) is 2.84. The lowest BCUT2D eigenvalue weighted by molar-refractivity contribution is -0.946. The Morgan fingerprint density at radius 2 is 1.49 bits per heavy atom. The zero-order chi connectivity index (χ0) is 25.0. The molecule has 0 aromatic heterocycles. The summed E-state index contributed by atoms with van der Waals surface area (Å²) in [4.78, 5) is 13.7. The van der Waals surface area contributed by atoms with Gasteiger partial charge in [0.1, 0.15) is 12.3 Å². The number of halogens is 2. The number of rotatable bonds is 9. The summed E-state index contributed by atoms with van der Waals surface area (Å²) < 4.78 is 14.1. The zero-order valence-corrected chi connectivity index (χ0v) is 23.9. The highest BCUT2D eigenvalue weighted by Crippen LogP contribution is 2.38. The molecule has 3 aromatic carbocycles. The van der Waals surface area contributed by atoms with Gasteiger partial charge in [0.15, 0.2) is 6.10 Å². The number of hydrogen-bond acceptors (Lipinski definition) is 4. The third-order valence-corrected chi connectivity index (χ3v) is 8.37. The number of quaternary nitrogens is 1. The van der Waals surface area contributed by atoms with Crippen molar-refractivity contribution in [2.45, 2.75) is 31.0 Å². The van der Waals surface area contributed by atoms with E-state index in [-0.39, 0.29) is 23.1 Å². The molecule has 0 radical (unpaired) electrons. The van der Waals surface area contributed by atoms with Crippen molar-refractivity contribution < 1.29 is 40.8 Å². The first-order valence-electron chi connectivity index (χ1n) is 12.8. The predicted octanol–water partition coefficient (Wildman–Crippen LogP) is 2.31. The van der Waals surface area contributed by atoms with Gasteiger partial charge in [-0.05, 0) is 35.4 Å². The van der Waals surface area contributed by atoms with E-state index in [1.54, 1.807) is 24.3 Å². The second kappa shape index (κ2) is 12.1. The summed E-state index contributed by atoms with van der Waals surface area (Å²) in [5.41, 5.74) is -0.786. The van der Waals surface area contributed by atoms with Crippen LogP contribution in [-0.4, -0.2) is 54.4 Å². The number of ether oxygens (including phenoxy) is 2. The topological polar surface area (TPSA) is 55.8 Å². The van der Waals surface area contributed by atoms with Gasteiger partial charge in [-0.15, -0.1) is 0 Å². The second-order valence-electron chi connectivity index (χ2n) is 10.1. The minimum atomic E-state index is -1.84. The molecule has 3 aromatic rings. The highest BCUT2D eigenvalue weighted by Gasteiger charge is 2.50. The summed E-state index contributed by atoms with van der Waals surface area (Å²) >= 11 is 3.45. The Morgan fingerprint density at radius 3 is 2.05 bits per heavy atom. The Balaban J connectivity index is 0.00000320. The van der Waals surface area contributed by atoms with Crippen molar-refractivity contribution in [1.29, 1.82) is 0 Å². The number of benzene rings is 3. The van der Waals surface area contributed by atoms with Crippen LogP contribution in [0.4, 0.5) is 0 Å². The van der Waals surface area contributed by atoms with E-state index < -0.39 is 11.6 Å². The van der Waals surface area contributed by atoms with Crippen molar-refractivity contribution in [3.63, 3.8) is 0 Å². The maximum atomic E-state index is 13.7. The van der Waals surface area contributed by atoms with Crippen molar-refractivity contribution in [3.05, 3.63) is 101 Å². The van der Waals surface area contributed by atoms with Gasteiger partial charge in [-0.25, -0.2) is 4.79 Å². The van der Waals surface area contributed by atoms with Crippen molar-refractivity contribution >= 4 is 21.9 Å². The Bertz CT molecular complexity index is 1110. The van der Waals surface area contributed by atoms with E-state index in [9.17, 15) is 9.90 Å². The summed E-state index contributed by atoms with van der Waals surface area (Å²) in [6.45, 7) is 4.68. The van der Waals surface area contributed by atoms with E-state index in [1.165, 1.54) is 0 Å². The molecular formula is C30H33Br2NO4. The first-order valence-corrected chi connectivity index (χ1v) is 13.6. The molecule has 5 nitrogen and oxygen atoms in total. The van der Waals surface area contributed by atoms with Gasteiger partial charge in [0.2, 0.25) is 5.60 Å². The van der Waals surface area contributed by atoms with Crippen LogP contribution in [0, 0.1) is 5.92 Å². The maximum absolute atomic E-state index is 13.7. The Morgan fingerprint density at radius 1 is 0.919 bits per heavy atom. The lowest BCUT2D eigenvalue weighted by Gasteiger charge is -2.52. The molecule has 3 aliphatic rings. The lowest BCUT2D eigenvalue weighted by atomic mass is 9.82. The molecule has 1 atom stereocenters. The number of aliphatic hydroxyl groups is 1. The number of fused-ring (bicyclic) bond motifs is 3. The average molecular weight is 631 g/mol. The molecule has 3 saturated heterocycles. The van der Waals surface area contributed by atoms with Crippen molar-refractivity contribution in [1.82, 2.24) is 0 Å². The predicted molar refractivity (Wildman–Crippen MR) is 142 cm³/mol. The molecule has 37 heavy (non-hydrogen) atoms. The van der Waals surface area contributed by atoms with Crippen LogP contribution in [0.2, 0.25) is 0 Å². The highest BCUT2D eigenvalue weighted by molar-refractivity contribution is 9.10. The van der Waals surface area contributed by atoms with Gasteiger partial charge >= 0.3 is 5.97 Å². The Hall–Kier alpha value is -2.19. The quantitative estimate of drug-likeness (QED) is 0.224. The van der Waals surface area contributed by atoms with Crippen LogP contribution in [-0.2, 0) is 15.1 Å². The van der Waals surface area contributed by atoms with Crippen LogP contribution in [0.3, 0.4) is 0 Å². The fourth-order valence-electron chi connectivity index (χ4n) is 5.77. The summed E-state index contributed by atoms with van der Waals surface area (Å²) in [5, 5.41) is 11.8. The third-order valence-electron chi connectivity index (χ3n) is 7.84. The molecule has 0 spiro atoms. The van der Waals surface area contributed by atoms with Crippen molar-refractivity contribution in [2.75, 3.05) is 32.8 Å². The molecular weight excluding hydrogens is 598 g/mol. The highest BCUT2D eigenvalue weighted by atomic mass is 79.9. The van der Waals surface area contributed by atoms with Gasteiger partial charge < -0.3 is 36.0 Å². The second-order valence-corrected chi connectivity index (χ2v) is 11.0. The van der Waals surface area contributed by atoms with E-state index in [4.69, 9.17) is 9.47 Å². The van der Waals surface area contributed by atoms with Crippen LogP contribution < -0.4 is 21.7 Å². The largest absolute Gasteiger partial charge is 1.00 e. The standard InChI is InChI=1S/C30H33BrNO4.BrH/c31-26-12-14-27(15-13-26)35-21-7-18-32-19-16-23(17-20-32)28(22-32)36-29(33)30(34,24-8-3-1-4-9-24)25-10-5-2-6-11-25;/h1-6,8-15,23,28,34H,7,16-22H2;1H/q+1;/p-1. The summed E-state index contributed by atoms with van der Waals surface area (Å²) in [5.74, 6) is 0.641. The van der Waals surface area contributed by atoms with Gasteiger partial charge in [0.05, 0.1) is 26.2 Å². The molecule has 1 unspecified atom stereocenters. The number of nitrogens with zero attached hydrogens (tertiary/aromatic N) is 1. The van der Waals surface area contributed by atoms with Crippen LogP contribution in [0.1, 0.15) is 30.4 Å². The molecule has 1 N–H and O–H groups in total. The van der Waals surface area contributed by atoms with Crippen LogP contribution >= 0.6 is 15.9 Å². The Kier molecular flexibility index (Phi) is 9.11. The number of carbonyl (C=O) groups excluding carboxylic acids is 1. The molecule has 0 aliphatic carbocycles. The number of hydrogen-bond donors (Lipinski definition) is 1. The summed E-state index contributed by atoms with van der Waals surface area (Å²) in [7, 11) is 0. The fourth-order valence-corrected chi connectivity index (χ4v) is 6.04. The smallest absolute Gasteiger partial charge is 0.348 e. The van der Waals surface area contributed by atoms with E-state index in [1.807, 2.05) is 60.7 Å². The zero-order valence-electron chi connectivity index (χ0n) is 20.8. The molecule has 7 heteroatoms. The molecule has 3 fully saturated rings. The molecule has 6 rings (SSSR count). The van der Waals surface area contributed by atoms with E-state index >= 15 is 0 Å². The Labute approximate surface area is 237 Å². The number of esters is 1. The van der Waals surface area contributed by atoms with Gasteiger partial charge in [0.25, 0.3) is 0 Å². The van der Waals surface area contributed by atoms with Crippen molar-refractivity contribution in [2.24, 2.45) is 5.92 Å². The first-order chi connectivity index (χ1) is 17.5. The van der Waals surface area contributed by atoms with E-state index in [0.29, 0.717) is 23.7 Å². The van der Waals surface area contributed by atoms with Crippen LogP contribution in [0.5, 0.6) is 5.75 Å². The molecule has 3 aliphatic heterocycles. The number of piperidine rings is 3. The fraction of sp³-hybridized carbons (Fsp3) is 0.367. The molecule has 0 amide bonds. The van der Waals surface area contributed by atoms with Gasteiger partial charge in [-0.2, -0.15) is 0 Å². The van der Waals surface area contributed by atoms with E-state index in [2.05, 4.69) is 15.9 Å². The van der Waals surface area contributed by atoms with Gasteiger partial charge in [-0.1, -0.05) is 76.6 Å². The monoisotopic (exact) mass is 629 g/mol. The molecule has 3 heterocycles. The number of carbonyl (C=O) groups is 1. The lowest BCUT2D eigenvalue weighted by Crippen LogP contribution is -3.00. The van der Waals surface area contributed by atoms with E-state index in [0.717, 1.165) is 60.1 Å². The average Bonchev–Trinajstić information content (AvgIpc) is 2.93. The SMILES string of the molecule is O=C(OC1C[N+]2(CCCOc3ccc(Br)cc3)CCC1CC2)C(O)(c1ccccc1)c1ccccc1.[Br-]. The summed E-state index contributed by atoms with van der Waals surface area (Å²) in [6, 6.07) is 26.1. The van der Waals surface area contributed by atoms with Crippen LogP contribution in [0.25, 0.3) is 0 Å². The molecule has 196 valence electrons. The maximum Gasteiger partial charge on any atom is 0.348 e. The first kappa shape index (κ1) is 27.8. The normalized spacial score (nSPS) is 22.6.